The van der Waals surface area contributed by atoms with Gasteiger partial charge in [0.15, 0.2) is 18.2 Å². The Labute approximate surface area is 102 Å². The van der Waals surface area contributed by atoms with Crippen LogP contribution in [0.2, 0.25) is 0 Å². The number of rotatable bonds is 3. The van der Waals surface area contributed by atoms with Gasteiger partial charge in [0, 0.05) is 4.47 Å². The molecule has 0 N–H and O–H groups in total. The second-order valence-corrected chi connectivity index (χ2v) is 4.53. The van der Waals surface area contributed by atoms with E-state index < -0.39 is 11.1 Å². The van der Waals surface area contributed by atoms with Gasteiger partial charge in [-0.3, -0.25) is 4.79 Å². The summed E-state index contributed by atoms with van der Waals surface area (Å²) >= 11 is 11.3. The van der Waals surface area contributed by atoms with E-state index in [4.69, 9.17) is 16.3 Å². The lowest BCUT2D eigenvalue weighted by Gasteiger charge is -2.07. The summed E-state index contributed by atoms with van der Waals surface area (Å²) in [6.07, 6.45) is 0. The molecule has 14 heavy (non-hydrogen) atoms. The molecular weight excluding hydrogens is 342 g/mol. The first kappa shape index (κ1) is 11.9. The van der Waals surface area contributed by atoms with Crippen molar-refractivity contribution in [1.82, 2.24) is 0 Å². The van der Waals surface area contributed by atoms with Crippen LogP contribution in [-0.4, -0.2) is 11.8 Å². The Morgan fingerprint density at radius 1 is 1.50 bits per heavy atom. The molecule has 0 unspecified atom stereocenters. The highest BCUT2D eigenvalue weighted by molar-refractivity contribution is 9.11. The molecule has 0 aliphatic rings. The number of hydrogen-bond acceptors (Lipinski definition) is 2. The maximum Gasteiger partial charge on any atom is 0.259 e. The summed E-state index contributed by atoms with van der Waals surface area (Å²) in [6.45, 7) is -0.362. The zero-order valence-electron chi connectivity index (χ0n) is 6.69. The topological polar surface area (TPSA) is 26.3 Å². The molecule has 1 rings (SSSR count). The smallest absolute Gasteiger partial charge is 0.259 e. The average Bonchev–Trinajstić information content (AvgIpc) is 2.01. The van der Waals surface area contributed by atoms with Gasteiger partial charge in [0.05, 0.1) is 4.47 Å². The Morgan fingerprint density at radius 2 is 2.14 bits per heavy atom. The molecule has 0 bridgehead atoms. The predicted molar refractivity (Wildman–Crippen MR) is 58.2 cm³/mol. The Kier molecular flexibility index (Phi) is 4.34. The highest BCUT2D eigenvalue weighted by atomic mass is 79.9. The number of halogens is 4. The Bertz CT molecular complexity index is 347. The summed E-state index contributed by atoms with van der Waals surface area (Å²) in [5, 5.41) is -0.681. The third kappa shape index (κ3) is 3.22. The first-order valence-corrected chi connectivity index (χ1v) is 5.43. The molecule has 0 spiro atoms. The van der Waals surface area contributed by atoms with Gasteiger partial charge in [-0.25, -0.2) is 4.39 Å². The van der Waals surface area contributed by atoms with Crippen molar-refractivity contribution in [1.29, 1.82) is 0 Å². The van der Waals surface area contributed by atoms with Crippen LogP contribution in [0, 0.1) is 5.82 Å². The molecule has 0 heterocycles. The number of carbonyl (C=O) groups excluding carboxylic acids is 1. The summed E-state index contributed by atoms with van der Waals surface area (Å²) < 4.78 is 19.1. The van der Waals surface area contributed by atoms with E-state index in [1.807, 2.05) is 0 Å². The second kappa shape index (κ2) is 5.09. The van der Waals surface area contributed by atoms with Crippen LogP contribution in [0.3, 0.4) is 0 Å². The molecule has 1 aromatic carbocycles. The maximum absolute atomic E-state index is 13.2. The van der Waals surface area contributed by atoms with E-state index in [0.29, 0.717) is 8.95 Å². The lowest BCUT2D eigenvalue weighted by atomic mass is 10.3. The third-order valence-corrected chi connectivity index (χ3v) is 2.45. The van der Waals surface area contributed by atoms with Crippen LogP contribution in [0.25, 0.3) is 0 Å². The summed E-state index contributed by atoms with van der Waals surface area (Å²) in [6, 6.07) is 2.84. The van der Waals surface area contributed by atoms with Crippen molar-refractivity contribution in [3.8, 4) is 5.75 Å². The average molecular weight is 346 g/mol. The summed E-state index contributed by atoms with van der Waals surface area (Å²) in [4.78, 5) is 10.4. The van der Waals surface area contributed by atoms with E-state index in [-0.39, 0.29) is 12.4 Å². The van der Waals surface area contributed by atoms with Gasteiger partial charge < -0.3 is 4.74 Å². The molecule has 0 amide bonds. The minimum absolute atomic E-state index is 0.0257. The van der Waals surface area contributed by atoms with E-state index in [1.165, 1.54) is 6.07 Å². The molecule has 0 fully saturated rings. The van der Waals surface area contributed by atoms with Gasteiger partial charge in [0.25, 0.3) is 5.24 Å². The van der Waals surface area contributed by atoms with Crippen LogP contribution >= 0.6 is 43.5 Å². The number of benzene rings is 1. The van der Waals surface area contributed by atoms with Crippen LogP contribution < -0.4 is 4.74 Å². The van der Waals surface area contributed by atoms with Crippen molar-refractivity contribution in [3.05, 3.63) is 26.9 Å². The standard InChI is InChI=1S/C8H4Br2ClFO2/c9-4-1-5(10)8(6(12)2-4)14-3-7(11)13/h1-2H,3H2. The lowest BCUT2D eigenvalue weighted by molar-refractivity contribution is -0.113. The van der Waals surface area contributed by atoms with Gasteiger partial charge in [-0.1, -0.05) is 15.9 Å². The Morgan fingerprint density at radius 3 is 2.64 bits per heavy atom. The predicted octanol–water partition coefficient (Wildman–Crippen LogP) is 3.49. The van der Waals surface area contributed by atoms with Crippen LogP contribution in [0.15, 0.2) is 21.1 Å². The largest absolute Gasteiger partial charge is 0.480 e. The summed E-state index contributed by atoms with van der Waals surface area (Å²) in [7, 11) is 0. The van der Waals surface area contributed by atoms with E-state index in [2.05, 4.69) is 31.9 Å². The quantitative estimate of drug-likeness (QED) is 0.783. The SMILES string of the molecule is O=C(Cl)COc1c(F)cc(Br)cc1Br. The first-order chi connectivity index (χ1) is 6.50. The van der Waals surface area contributed by atoms with Gasteiger partial charge in [0.1, 0.15) is 0 Å². The monoisotopic (exact) mass is 344 g/mol. The Hall–Kier alpha value is -0.130. The number of carbonyl (C=O) groups is 1. The fourth-order valence-corrected chi connectivity index (χ4v) is 2.14. The highest BCUT2D eigenvalue weighted by Crippen LogP contribution is 2.31. The van der Waals surface area contributed by atoms with Crippen LogP contribution in [0.5, 0.6) is 5.75 Å². The number of hydrogen-bond donors (Lipinski definition) is 0. The normalized spacial score (nSPS) is 10.0. The zero-order valence-corrected chi connectivity index (χ0v) is 10.6. The third-order valence-electron chi connectivity index (χ3n) is 1.29. The number of ether oxygens (including phenoxy) is 1. The van der Waals surface area contributed by atoms with Crippen molar-refractivity contribution in [3.63, 3.8) is 0 Å². The van der Waals surface area contributed by atoms with Gasteiger partial charge in [0.2, 0.25) is 0 Å². The Balaban J connectivity index is 2.91. The van der Waals surface area contributed by atoms with Crippen molar-refractivity contribution >= 4 is 48.7 Å². The molecule has 1 aromatic rings. The molecule has 0 aliphatic carbocycles. The summed E-state index contributed by atoms with van der Waals surface area (Å²) in [5.74, 6) is -0.591. The van der Waals surface area contributed by atoms with E-state index in [9.17, 15) is 9.18 Å². The van der Waals surface area contributed by atoms with Crippen molar-refractivity contribution in [2.45, 2.75) is 0 Å². The molecule has 0 aromatic heterocycles. The van der Waals surface area contributed by atoms with Crippen LogP contribution in [-0.2, 0) is 4.79 Å². The van der Waals surface area contributed by atoms with Gasteiger partial charge in [-0.15, -0.1) is 0 Å². The van der Waals surface area contributed by atoms with Crippen molar-refractivity contribution in [2.75, 3.05) is 6.61 Å². The van der Waals surface area contributed by atoms with Crippen LogP contribution in [0.4, 0.5) is 4.39 Å². The minimum atomic E-state index is -0.681. The molecule has 2 nitrogen and oxygen atoms in total. The molecule has 0 saturated carbocycles. The molecule has 6 heteroatoms. The molecule has 0 saturated heterocycles. The maximum atomic E-state index is 13.2. The molecule has 76 valence electrons. The highest BCUT2D eigenvalue weighted by Gasteiger charge is 2.10. The van der Waals surface area contributed by atoms with Gasteiger partial charge >= 0.3 is 0 Å². The minimum Gasteiger partial charge on any atom is -0.480 e. The van der Waals surface area contributed by atoms with Gasteiger partial charge in [-0.2, -0.15) is 0 Å². The molecule has 0 atom stereocenters. The van der Waals surface area contributed by atoms with Crippen LogP contribution in [0.1, 0.15) is 0 Å². The zero-order chi connectivity index (χ0) is 10.7. The van der Waals surface area contributed by atoms with Gasteiger partial charge in [-0.05, 0) is 39.7 Å². The van der Waals surface area contributed by atoms with Crippen molar-refractivity contribution in [2.24, 2.45) is 0 Å². The fourth-order valence-electron chi connectivity index (χ4n) is 0.796. The lowest BCUT2D eigenvalue weighted by Crippen LogP contribution is -2.06. The van der Waals surface area contributed by atoms with E-state index in [1.54, 1.807) is 6.07 Å². The first-order valence-electron chi connectivity index (χ1n) is 3.46. The van der Waals surface area contributed by atoms with E-state index >= 15 is 0 Å². The summed E-state index contributed by atoms with van der Waals surface area (Å²) in [5.41, 5.74) is 0. The molecule has 0 radical (unpaired) electrons. The fraction of sp³-hybridized carbons (Fsp3) is 0.125. The molecule has 0 aliphatic heterocycles. The second-order valence-electron chi connectivity index (χ2n) is 2.34. The molecular formula is C8H4Br2ClFO2. The van der Waals surface area contributed by atoms with Crippen molar-refractivity contribution < 1.29 is 13.9 Å². The van der Waals surface area contributed by atoms with E-state index in [0.717, 1.165) is 0 Å².